The molecule has 0 atom stereocenters. The first-order valence-electron chi connectivity index (χ1n) is 9.23. The summed E-state index contributed by atoms with van der Waals surface area (Å²) in [6.07, 6.45) is 0. The third-order valence-corrected chi connectivity index (χ3v) is 4.41. The lowest BCUT2D eigenvalue weighted by atomic mass is 10.2. The SMILES string of the molecule is COC(=O)c1cccc(Nc2nc(=O)n(C(C)C)c(=O)n2Cc2ccc(F)cc2)c1. The van der Waals surface area contributed by atoms with Crippen molar-refractivity contribution >= 4 is 17.6 Å². The van der Waals surface area contributed by atoms with Crippen LogP contribution in [0.3, 0.4) is 0 Å². The van der Waals surface area contributed by atoms with Crippen molar-refractivity contribution in [3.63, 3.8) is 0 Å². The molecule has 0 saturated carbocycles. The van der Waals surface area contributed by atoms with E-state index in [1.54, 1.807) is 44.2 Å². The highest BCUT2D eigenvalue weighted by Crippen LogP contribution is 2.17. The third kappa shape index (κ3) is 4.45. The van der Waals surface area contributed by atoms with Gasteiger partial charge in [-0.25, -0.2) is 23.3 Å². The molecule has 3 aromatic rings. The quantitative estimate of drug-likeness (QED) is 0.626. The Hall–Kier alpha value is -3.75. The fourth-order valence-corrected chi connectivity index (χ4v) is 2.93. The molecule has 0 aliphatic heterocycles. The number of hydrogen-bond acceptors (Lipinski definition) is 6. The molecule has 9 heteroatoms. The summed E-state index contributed by atoms with van der Waals surface area (Å²) in [6, 6.07) is 11.7. The molecule has 0 unspecified atom stereocenters. The zero-order valence-corrected chi connectivity index (χ0v) is 16.8. The second-order valence-corrected chi connectivity index (χ2v) is 6.87. The number of esters is 1. The molecule has 0 spiro atoms. The zero-order chi connectivity index (χ0) is 21.8. The first-order chi connectivity index (χ1) is 14.3. The minimum absolute atomic E-state index is 0.00763. The predicted octanol–water partition coefficient (Wildman–Crippen LogP) is 2.70. The number of methoxy groups -OCH3 is 1. The summed E-state index contributed by atoms with van der Waals surface area (Å²) in [5.41, 5.74) is 0.142. The van der Waals surface area contributed by atoms with Gasteiger partial charge in [0, 0.05) is 11.7 Å². The molecule has 0 saturated heterocycles. The fraction of sp³-hybridized carbons (Fsp3) is 0.238. The van der Waals surface area contributed by atoms with Crippen LogP contribution in [0.4, 0.5) is 16.0 Å². The van der Waals surface area contributed by atoms with Gasteiger partial charge >= 0.3 is 17.3 Å². The number of carbonyl (C=O) groups is 1. The minimum atomic E-state index is -0.697. The Morgan fingerprint density at radius 2 is 1.87 bits per heavy atom. The largest absolute Gasteiger partial charge is 0.465 e. The molecule has 3 rings (SSSR count). The number of halogens is 1. The van der Waals surface area contributed by atoms with E-state index >= 15 is 0 Å². The lowest BCUT2D eigenvalue weighted by Gasteiger charge is -2.17. The van der Waals surface area contributed by atoms with Gasteiger partial charge < -0.3 is 10.1 Å². The topological polar surface area (TPSA) is 95.2 Å². The number of aromatic nitrogens is 3. The maximum absolute atomic E-state index is 13.3. The maximum Gasteiger partial charge on any atom is 0.355 e. The van der Waals surface area contributed by atoms with Gasteiger partial charge in [-0.15, -0.1) is 0 Å². The van der Waals surface area contributed by atoms with Gasteiger partial charge in [0.15, 0.2) is 0 Å². The number of benzene rings is 2. The molecule has 1 heterocycles. The van der Waals surface area contributed by atoms with Gasteiger partial charge in [0.1, 0.15) is 5.82 Å². The summed E-state index contributed by atoms with van der Waals surface area (Å²) >= 11 is 0. The van der Waals surface area contributed by atoms with E-state index in [-0.39, 0.29) is 12.5 Å². The normalized spacial score (nSPS) is 10.8. The van der Waals surface area contributed by atoms with Crippen LogP contribution in [-0.4, -0.2) is 27.2 Å². The fourth-order valence-electron chi connectivity index (χ4n) is 2.93. The van der Waals surface area contributed by atoms with E-state index in [9.17, 15) is 18.8 Å². The molecule has 1 N–H and O–H groups in total. The van der Waals surface area contributed by atoms with Gasteiger partial charge in [0.05, 0.1) is 19.2 Å². The van der Waals surface area contributed by atoms with Crippen molar-refractivity contribution < 1.29 is 13.9 Å². The van der Waals surface area contributed by atoms with E-state index in [1.165, 1.54) is 29.9 Å². The molecule has 2 aromatic carbocycles. The van der Waals surface area contributed by atoms with Crippen LogP contribution in [0, 0.1) is 5.82 Å². The maximum atomic E-state index is 13.3. The zero-order valence-electron chi connectivity index (χ0n) is 16.8. The van der Waals surface area contributed by atoms with Gasteiger partial charge in [0.25, 0.3) is 0 Å². The van der Waals surface area contributed by atoms with Gasteiger partial charge in [-0.3, -0.25) is 4.57 Å². The summed E-state index contributed by atoms with van der Waals surface area (Å²) < 4.78 is 20.3. The highest BCUT2D eigenvalue weighted by Gasteiger charge is 2.16. The van der Waals surface area contributed by atoms with E-state index in [2.05, 4.69) is 10.3 Å². The third-order valence-electron chi connectivity index (χ3n) is 4.41. The van der Waals surface area contributed by atoms with Crippen LogP contribution < -0.4 is 16.7 Å². The van der Waals surface area contributed by atoms with Crippen LogP contribution in [0.25, 0.3) is 0 Å². The average molecular weight is 412 g/mol. The molecule has 0 amide bonds. The van der Waals surface area contributed by atoms with Crippen LogP contribution in [-0.2, 0) is 11.3 Å². The van der Waals surface area contributed by atoms with Crippen LogP contribution in [0.5, 0.6) is 0 Å². The van der Waals surface area contributed by atoms with E-state index in [0.29, 0.717) is 16.8 Å². The molecule has 0 aliphatic rings. The summed E-state index contributed by atoms with van der Waals surface area (Å²) in [5.74, 6) is -0.909. The molecular weight excluding hydrogens is 391 g/mol. The lowest BCUT2D eigenvalue weighted by Crippen LogP contribution is -2.43. The first-order valence-corrected chi connectivity index (χ1v) is 9.23. The van der Waals surface area contributed by atoms with Crippen LogP contribution in [0.2, 0.25) is 0 Å². The van der Waals surface area contributed by atoms with Gasteiger partial charge in [-0.05, 0) is 49.7 Å². The van der Waals surface area contributed by atoms with E-state index in [4.69, 9.17) is 4.74 Å². The monoisotopic (exact) mass is 412 g/mol. The van der Waals surface area contributed by atoms with Gasteiger partial charge in [-0.1, -0.05) is 18.2 Å². The van der Waals surface area contributed by atoms with Crippen LogP contribution in [0.1, 0.15) is 35.8 Å². The van der Waals surface area contributed by atoms with E-state index < -0.39 is 29.2 Å². The number of carbonyl (C=O) groups excluding carboxylic acids is 1. The van der Waals surface area contributed by atoms with Crippen molar-refractivity contribution in [1.82, 2.24) is 14.1 Å². The smallest absolute Gasteiger partial charge is 0.355 e. The Morgan fingerprint density at radius 1 is 1.17 bits per heavy atom. The predicted molar refractivity (Wildman–Crippen MR) is 110 cm³/mol. The van der Waals surface area contributed by atoms with Crippen molar-refractivity contribution in [3.05, 3.63) is 86.4 Å². The van der Waals surface area contributed by atoms with Crippen molar-refractivity contribution in [2.75, 3.05) is 12.4 Å². The summed E-state index contributed by atoms with van der Waals surface area (Å²) in [6.45, 7) is 3.48. The number of hydrogen-bond donors (Lipinski definition) is 1. The Labute approximate surface area is 171 Å². The van der Waals surface area contributed by atoms with E-state index in [0.717, 1.165) is 4.57 Å². The van der Waals surface area contributed by atoms with Gasteiger partial charge in [0.2, 0.25) is 5.95 Å². The molecule has 0 bridgehead atoms. The molecule has 0 fully saturated rings. The average Bonchev–Trinajstić information content (AvgIpc) is 2.71. The molecule has 0 radical (unpaired) electrons. The number of rotatable bonds is 6. The molecule has 30 heavy (non-hydrogen) atoms. The molecule has 0 aliphatic carbocycles. The molecule has 8 nitrogen and oxygen atoms in total. The summed E-state index contributed by atoms with van der Waals surface area (Å²) in [4.78, 5) is 41.3. The number of nitrogens with one attached hydrogen (secondary N) is 1. The number of ether oxygens (including phenoxy) is 1. The highest BCUT2D eigenvalue weighted by molar-refractivity contribution is 5.90. The minimum Gasteiger partial charge on any atom is -0.465 e. The second-order valence-electron chi connectivity index (χ2n) is 6.87. The van der Waals surface area contributed by atoms with Gasteiger partial charge in [-0.2, -0.15) is 4.98 Å². The summed E-state index contributed by atoms with van der Waals surface area (Å²) in [7, 11) is 1.27. The second kappa shape index (κ2) is 8.73. The molecule has 156 valence electrons. The Kier molecular flexibility index (Phi) is 6.10. The molecular formula is C21H21FN4O4. The Balaban J connectivity index is 2.09. The summed E-state index contributed by atoms with van der Waals surface area (Å²) in [5, 5.41) is 2.93. The lowest BCUT2D eigenvalue weighted by molar-refractivity contribution is 0.0601. The van der Waals surface area contributed by atoms with Crippen molar-refractivity contribution in [2.24, 2.45) is 0 Å². The first kappa shape index (κ1) is 21.0. The Bertz CT molecular complexity index is 1180. The standard InChI is InChI=1S/C21H21FN4O4/c1-13(2)26-20(28)24-19(23-17-6-4-5-15(11-17)18(27)30-3)25(21(26)29)12-14-7-9-16(22)10-8-14/h4-11,13H,12H2,1-3H3,(H,23,24,28). The van der Waals surface area contributed by atoms with Crippen LogP contribution >= 0.6 is 0 Å². The molecule has 1 aromatic heterocycles. The van der Waals surface area contributed by atoms with Crippen LogP contribution in [0.15, 0.2) is 58.1 Å². The highest BCUT2D eigenvalue weighted by atomic mass is 19.1. The number of nitrogens with zero attached hydrogens (tertiary/aromatic N) is 3. The Morgan fingerprint density at radius 3 is 2.50 bits per heavy atom. The van der Waals surface area contributed by atoms with Crippen molar-refractivity contribution in [3.8, 4) is 0 Å². The van der Waals surface area contributed by atoms with Crippen molar-refractivity contribution in [2.45, 2.75) is 26.4 Å². The van der Waals surface area contributed by atoms with E-state index in [1.807, 2.05) is 0 Å². The van der Waals surface area contributed by atoms with Crippen molar-refractivity contribution in [1.29, 1.82) is 0 Å². The number of anilines is 2.